The fourth-order valence-corrected chi connectivity index (χ4v) is 3.63. The molecule has 1 aliphatic heterocycles. The van der Waals surface area contributed by atoms with Crippen molar-refractivity contribution >= 4 is 5.78 Å². The van der Waals surface area contributed by atoms with Crippen molar-refractivity contribution in [1.29, 1.82) is 0 Å². The van der Waals surface area contributed by atoms with Crippen molar-refractivity contribution in [2.45, 2.75) is 25.8 Å². The van der Waals surface area contributed by atoms with Gasteiger partial charge in [0.25, 0.3) is 0 Å². The Bertz CT molecular complexity index is 860. The van der Waals surface area contributed by atoms with Crippen molar-refractivity contribution in [2.75, 3.05) is 13.1 Å². The number of nitrogens with zero attached hydrogens (tertiary/aromatic N) is 3. The molecule has 1 saturated heterocycles. The van der Waals surface area contributed by atoms with Gasteiger partial charge in [0.15, 0.2) is 11.6 Å². The van der Waals surface area contributed by atoms with Gasteiger partial charge in [0.05, 0.1) is 6.26 Å². The first kappa shape index (κ1) is 17.6. The summed E-state index contributed by atoms with van der Waals surface area (Å²) in [7, 11) is 0. The molecule has 0 radical (unpaired) electrons. The summed E-state index contributed by atoms with van der Waals surface area (Å²) in [5.74, 6) is 1.72. The molecule has 5 nitrogen and oxygen atoms in total. The second-order valence-electron chi connectivity index (χ2n) is 7.10. The summed E-state index contributed by atoms with van der Waals surface area (Å²) in [4.78, 5) is 23.8. The van der Waals surface area contributed by atoms with E-state index in [4.69, 9.17) is 4.42 Å². The number of aromatic nitrogens is 2. The van der Waals surface area contributed by atoms with Crippen LogP contribution in [0.5, 0.6) is 0 Å². The Kier molecular flexibility index (Phi) is 5.39. The van der Waals surface area contributed by atoms with E-state index in [1.54, 1.807) is 6.26 Å². The van der Waals surface area contributed by atoms with Gasteiger partial charge in [-0.05, 0) is 37.1 Å². The van der Waals surface area contributed by atoms with Gasteiger partial charge >= 0.3 is 0 Å². The van der Waals surface area contributed by atoms with Crippen molar-refractivity contribution < 1.29 is 9.21 Å². The zero-order valence-electron chi connectivity index (χ0n) is 15.3. The van der Waals surface area contributed by atoms with Gasteiger partial charge in [0, 0.05) is 43.4 Å². The van der Waals surface area contributed by atoms with Gasteiger partial charge in [-0.1, -0.05) is 30.3 Å². The molecule has 0 N–H and O–H groups in total. The molecule has 0 bridgehead atoms. The second-order valence-corrected chi connectivity index (χ2v) is 7.10. The monoisotopic (exact) mass is 361 g/mol. The van der Waals surface area contributed by atoms with Gasteiger partial charge in [-0.15, -0.1) is 0 Å². The standard InChI is InChI=1S/C22H23N3O2/c26-20(12-17-6-2-1-3-7-17)19-8-4-10-25(16-19)15-18-13-23-22(24-14-18)21-9-5-11-27-21/h1-3,5-7,9,11,13-14,19H,4,8,10,12,15-16H2/t19-/m1/s1. The number of furan rings is 1. The quantitative estimate of drug-likeness (QED) is 0.669. The van der Waals surface area contributed by atoms with E-state index in [-0.39, 0.29) is 5.92 Å². The average Bonchev–Trinajstić information content (AvgIpc) is 3.24. The lowest BCUT2D eigenvalue weighted by Crippen LogP contribution is -2.38. The Morgan fingerprint density at radius 1 is 1.07 bits per heavy atom. The van der Waals surface area contributed by atoms with E-state index in [0.717, 1.165) is 43.6 Å². The van der Waals surface area contributed by atoms with Crippen LogP contribution in [0.25, 0.3) is 11.6 Å². The molecule has 2 aromatic heterocycles. The van der Waals surface area contributed by atoms with Crippen molar-refractivity contribution in [3.63, 3.8) is 0 Å². The Balaban J connectivity index is 1.35. The van der Waals surface area contributed by atoms with Crippen LogP contribution >= 0.6 is 0 Å². The molecular formula is C22H23N3O2. The van der Waals surface area contributed by atoms with E-state index < -0.39 is 0 Å². The molecule has 0 unspecified atom stereocenters. The Morgan fingerprint density at radius 3 is 2.63 bits per heavy atom. The zero-order valence-corrected chi connectivity index (χ0v) is 15.3. The van der Waals surface area contributed by atoms with E-state index in [0.29, 0.717) is 23.8 Å². The van der Waals surface area contributed by atoms with Crippen molar-refractivity contribution in [2.24, 2.45) is 5.92 Å². The molecule has 1 aliphatic rings. The predicted molar refractivity (Wildman–Crippen MR) is 103 cm³/mol. The van der Waals surface area contributed by atoms with Crippen LogP contribution in [0.15, 0.2) is 65.5 Å². The lowest BCUT2D eigenvalue weighted by atomic mass is 9.90. The van der Waals surface area contributed by atoms with Crippen molar-refractivity contribution in [3.05, 3.63) is 72.2 Å². The second kappa shape index (κ2) is 8.27. The number of rotatable bonds is 6. The van der Waals surface area contributed by atoms with E-state index in [1.807, 2.05) is 54.9 Å². The lowest BCUT2D eigenvalue weighted by molar-refractivity contribution is -0.123. The van der Waals surface area contributed by atoms with Crippen molar-refractivity contribution in [3.8, 4) is 11.6 Å². The smallest absolute Gasteiger partial charge is 0.195 e. The molecule has 1 fully saturated rings. The molecule has 0 spiro atoms. The molecule has 5 heteroatoms. The summed E-state index contributed by atoms with van der Waals surface area (Å²) in [6.07, 6.45) is 7.88. The maximum Gasteiger partial charge on any atom is 0.195 e. The van der Waals surface area contributed by atoms with E-state index in [1.165, 1.54) is 0 Å². The average molecular weight is 361 g/mol. The minimum Gasteiger partial charge on any atom is -0.461 e. The first-order chi connectivity index (χ1) is 13.3. The van der Waals surface area contributed by atoms with Gasteiger partial charge in [-0.2, -0.15) is 0 Å². The number of ketones is 1. The third-order valence-corrected chi connectivity index (χ3v) is 5.04. The topological polar surface area (TPSA) is 59.2 Å². The van der Waals surface area contributed by atoms with Crippen LogP contribution in [0.1, 0.15) is 24.0 Å². The van der Waals surface area contributed by atoms with Crippen LogP contribution in [0.3, 0.4) is 0 Å². The van der Waals surface area contributed by atoms with Crippen LogP contribution in [0, 0.1) is 5.92 Å². The van der Waals surface area contributed by atoms with E-state index in [9.17, 15) is 4.79 Å². The third kappa shape index (κ3) is 4.49. The van der Waals surface area contributed by atoms with E-state index in [2.05, 4.69) is 14.9 Å². The van der Waals surface area contributed by atoms with Crippen molar-refractivity contribution in [1.82, 2.24) is 14.9 Å². The molecule has 0 amide bonds. The number of carbonyl (C=O) groups excluding carboxylic acids is 1. The summed E-state index contributed by atoms with van der Waals surface area (Å²) in [6, 6.07) is 13.7. The van der Waals surface area contributed by atoms with Crippen LogP contribution in [-0.4, -0.2) is 33.7 Å². The maximum atomic E-state index is 12.7. The van der Waals surface area contributed by atoms with Crippen LogP contribution < -0.4 is 0 Å². The maximum absolute atomic E-state index is 12.7. The summed E-state index contributed by atoms with van der Waals surface area (Å²) >= 11 is 0. The van der Waals surface area contributed by atoms with Gasteiger partial charge in [0.1, 0.15) is 5.78 Å². The molecular weight excluding hydrogens is 338 g/mol. The minimum absolute atomic E-state index is 0.113. The lowest BCUT2D eigenvalue weighted by Gasteiger charge is -2.31. The Hall–Kier alpha value is -2.79. The summed E-state index contributed by atoms with van der Waals surface area (Å²) < 4.78 is 5.33. The Labute approximate surface area is 159 Å². The molecule has 0 saturated carbocycles. The highest BCUT2D eigenvalue weighted by molar-refractivity contribution is 5.83. The van der Waals surface area contributed by atoms with E-state index >= 15 is 0 Å². The molecule has 1 aromatic carbocycles. The summed E-state index contributed by atoms with van der Waals surface area (Å²) in [5.41, 5.74) is 2.16. The number of benzene rings is 1. The molecule has 4 rings (SSSR count). The molecule has 0 aliphatic carbocycles. The van der Waals surface area contributed by atoms with Gasteiger partial charge < -0.3 is 4.42 Å². The highest BCUT2D eigenvalue weighted by Crippen LogP contribution is 2.21. The number of piperidine rings is 1. The first-order valence-corrected chi connectivity index (χ1v) is 9.42. The number of likely N-dealkylation sites (tertiary alicyclic amines) is 1. The van der Waals surface area contributed by atoms with Gasteiger partial charge in [-0.3, -0.25) is 9.69 Å². The number of carbonyl (C=O) groups is 1. The Morgan fingerprint density at radius 2 is 1.89 bits per heavy atom. The highest BCUT2D eigenvalue weighted by atomic mass is 16.3. The molecule has 3 heterocycles. The minimum atomic E-state index is 0.113. The van der Waals surface area contributed by atoms with Crippen LogP contribution in [0.4, 0.5) is 0 Å². The molecule has 3 aromatic rings. The normalized spacial score (nSPS) is 17.7. The van der Waals surface area contributed by atoms with Gasteiger partial charge in [0.2, 0.25) is 0 Å². The summed E-state index contributed by atoms with van der Waals surface area (Å²) in [6.45, 7) is 2.59. The number of Topliss-reactive ketones (excluding diaryl/α,β-unsaturated/α-hetero) is 1. The molecule has 1 atom stereocenters. The summed E-state index contributed by atoms with van der Waals surface area (Å²) in [5, 5.41) is 0. The molecule has 138 valence electrons. The third-order valence-electron chi connectivity index (χ3n) is 5.04. The fourth-order valence-electron chi connectivity index (χ4n) is 3.63. The highest BCUT2D eigenvalue weighted by Gasteiger charge is 2.25. The van der Waals surface area contributed by atoms with Crippen LogP contribution in [0.2, 0.25) is 0 Å². The zero-order chi connectivity index (χ0) is 18.5. The largest absolute Gasteiger partial charge is 0.461 e. The van der Waals surface area contributed by atoms with Gasteiger partial charge in [-0.25, -0.2) is 9.97 Å². The first-order valence-electron chi connectivity index (χ1n) is 9.42. The fraction of sp³-hybridized carbons (Fsp3) is 0.318. The number of hydrogen-bond acceptors (Lipinski definition) is 5. The SMILES string of the molecule is O=C(Cc1ccccc1)[C@@H]1CCCN(Cc2cnc(-c3ccco3)nc2)C1. The number of hydrogen-bond donors (Lipinski definition) is 0. The molecule has 27 heavy (non-hydrogen) atoms. The van der Waals surface area contributed by atoms with Crippen LogP contribution in [-0.2, 0) is 17.8 Å². The predicted octanol–water partition coefficient (Wildman–Crippen LogP) is 3.76.